The van der Waals surface area contributed by atoms with Gasteiger partial charge in [-0.2, -0.15) is 0 Å². The number of carbonyl (C=O) groups is 1. The van der Waals surface area contributed by atoms with Gasteiger partial charge in [-0.1, -0.05) is 29.7 Å². The van der Waals surface area contributed by atoms with Crippen LogP contribution in [0.5, 0.6) is 0 Å². The molecule has 1 amide bonds. The van der Waals surface area contributed by atoms with Crippen LogP contribution in [0.4, 0.5) is 0 Å². The smallest absolute Gasteiger partial charge is 0.251 e. The van der Waals surface area contributed by atoms with Gasteiger partial charge in [-0.05, 0) is 6.26 Å². The van der Waals surface area contributed by atoms with Crippen molar-refractivity contribution in [3.05, 3.63) is 11.6 Å². The molecular weight excluding hydrogens is 194 g/mol. The standard InChI is InChI=1S/C6H7N3OS2/c1-3(4(7)10)5-8-9-6(11-2)12-5/h1H2,2H3,(H2,7,10). The third kappa shape index (κ3) is 1.83. The van der Waals surface area contributed by atoms with Crippen LogP contribution < -0.4 is 5.73 Å². The number of hydrogen-bond acceptors (Lipinski definition) is 5. The van der Waals surface area contributed by atoms with Crippen molar-refractivity contribution in [1.82, 2.24) is 10.2 Å². The van der Waals surface area contributed by atoms with Crippen molar-refractivity contribution in [2.24, 2.45) is 5.73 Å². The highest BCUT2D eigenvalue weighted by molar-refractivity contribution is 8.00. The van der Waals surface area contributed by atoms with Crippen LogP contribution >= 0.6 is 23.1 Å². The summed E-state index contributed by atoms with van der Waals surface area (Å²) in [5, 5.41) is 8.05. The average Bonchev–Trinajstić information content (AvgIpc) is 2.50. The van der Waals surface area contributed by atoms with Gasteiger partial charge >= 0.3 is 0 Å². The Hall–Kier alpha value is -0.880. The Morgan fingerprint density at radius 2 is 2.33 bits per heavy atom. The number of carbonyl (C=O) groups excluding carboxylic acids is 1. The molecule has 0 aliphatic carbocycles. The summed E-state index contributed by atoms with van der Waals surface area (Å²) in [6.07, 6.45) is 1.89. The lowest BCUT2D eigenvalue weighted by atomic mass is 10.3. The number of rotatable bonds is 3. The molecule has 0 bridgehead atoms. The first-order valence-corrected chi connectivity index (χ1v) is 5.06. The maximum Gasteiger partial charge on any atom is 0.251 e. The van der Waals surface area contributed by atoms with E-state index in [9.17, 15) is 4.79 Å². The molecule has 0 aromatic carbocycles. The number of hydrogen-bond donors (Lipinski definition) is 1. The quantitative estimate of drug-likeness (QED) is 0.579. The van der Waals surface area contributed by atoms with E-state index >= 15 is 0 Å². The van der Waals surface area contributed by atoms with Crippen LogP contribution in [0.1, 0.15) is 5.01 Å². The van der Waals surface area contributed by atoms with E-state index in [-0.39, 0.29) is 5.57 Å². The summed E-state index contributed by atoms with van der Waals surface area (Å²) in [7, 11) is 0. The molecule has 0 saturated carbocycles. The Morgan fingerprint density at radius 1 is 1.67 bits per heavy atom. The molecule has 6 heteroatoms. The average molecular weight is 201 g/mol. The lowest BCUT2D eigenvalue weighted by molar-refractivity contribution is -0.112. The first-order chi connectivity index (χ1) is 5.65. The molecule has 1 heterocycles. The van der Waals surface area contributed by atoms with Crippen LogP contribution in [-0.2, 0) is 4.79 Å². The van der Waals surface area contributed by atoms with Crippen LogP contribution in [0.3, 0.4) is 0 Å². The van der Waals surface area contributed by atoms with Gasteiger partial charge in [0.25, 0.3) is 5.91 Å². The second-order valence-corrected chi connectivity index (χ2v) is 3.95. The van der Waals surface area contributed by atoms with E-state index in [1.54, 1.807) is 0 Å². The predicted molar refractivity (Wildman–Crippen MR) is 49.9 cm³/mol. The van der Waals surface area contributed by atoms with Gasteiger partial charge in [-0.3, -0.25) is 4.79 Å². The molecule has 2 N–H and O–H groups in total. The molecule has 64 valence electrons. The molecule has 0 unspecified atom stereocenters. The Labute approximate surface area is 77.9 Å². The molecule has 0 saturated heterocycles. The van der Waals surface area contributed by atoms with E-state index in [1.807, 2.05) is 6.26 Å². The monoisotopic (exact) mass is 201 g/mol. The summed E-state index contributed by atoms with van der Waals surface area (Å²) in [4.78, 5) is 10.7. The minimum Gasteiger partial charge on any atom is -0.366 e. The largest absolute Gasteiger partial charge is 0.366 e. The number of amides is 1. The highest BCUT2D eigenvalue weighted by Crippen LogP contribution is 2.23. The van der Waals surface area contributed by atoms with Crippen molar-refractivity contribution in [3.8, 4) is 0 Å². The van der Waals surface area contributed by atoms with Crippen molar-refractivity contribution in [1.29, 1.82) is 0 Å². The number of nitrogens with zero attached hydrogens (tertiary/aromatic N) is 2. The molecule has 0 radical (unpaired) electrons. The minimum absolute atomic E-state index is 0.216. The topological polar surface area (TPSA) is 68.9 Å². The van der Waals surface area contributed by atoms with Gasteiger partial charge < -0.3 is 5.73 Å². The normalized spacial score (nSPS) is 9.75. The van der Waals surface area contributed by atoms with Gasteiger partial charge in [0.2, 0.25) is 0 Å². The number of aromatic nitrogens is 2. The van der Waals surface area contributed by atoms with Crippen LogP contribution in [0.25, 0.3) is 5.57 Å². The second-order valence-electron chi connectivity index (χ2n) is 1.92. The number of primary amides is 1. The van der Waals surface area contributed by atoms with Crippen molar-refractivity contribution >= 4 is 34.6 Å². The third-order valence-electron chi connectivity index (χ3n) is 1.14. The number of nitrogens with two attached hydrogens (primary N) is 1. The zero-order valence-corrected chi connectivity index (χ0v) is 8.04. The fourth-order valence-electron chi connectivity index (χ4n) is 0.520. The Morgan fingerprint density at radius 3 is 2.75 bits per heavy atom. The third-order valence-corrected chi connectivity index (χ3v) is 3.10. The molecule has 1 rings (SSSR count). The minimum atomic E-state index is -0.557. The molecule has 1 aromatic rings. The van der Waals surface area contributed by atoms with E-state index in [0.29, 0.717) is 5.01 Å². The maximum atomic E-state index is 10.7. The van der Waals surface area contributed by atoms with Gasteiger partial charge in [-0.25, -0.2) is 0 Å². The van der Waals surface area contributed by atoms with E-state index in [2.05, 4.69) is 16.8 Å². The van der Waals surface area contributed by atoms with Gasteiger partial charge in [-0.15, -0.1) is 10.2 Å². The van der Waals surface area contributed by atoms with Gasteiger partial charge in [0.1, 0.15) is 0 Å². The first kappa shape index (κ1) is 9.21. The SMILES string of the molecule is C=C(C(N)=O)c1nnc(SC)s1. The lowest BCUT2D eigenvalue weighted by Crippen LogP contribution is -2.11. The Bertz CT molecular complexity index is 320. The highest BCUT2D eigenvalue weighted by Gasteiger charge is 2.10. The van der Waals surface area contributed by atoms with Crippen LogP contribution in [0, 0.1) is 0 Å². The molecule has 0 spiro atoms. The first-order valence-electron chi connectivity index (χ1n) is 3.01. The van der Waals surface area contributed by atoms with Crippen molar-refractivity contribution in [2.45, 2.75) is 4.34 Å². The van der Waals surface area contributed by atoms with E-state index < -0.39 is 5.91 Å². The summed E-state index contributed by atoms with van der Waals surface area (Å²) < 4.78 is 0.799. The fourth-order valence-corrected chi connectivity index (χ4v) is 1.76. The summed E-state index contributed by atoms with van der Waals surface area (Å²) in [5.74, 6) is -0.557. The summed E-state index contributed by atoms with van der Waals surface area (Å²) in [6, 6.07) is 0. The zero-order chi connectivity index (χ0) is 9.14. The van der Waals surface area contributed by atoms with Crippen molar-refractivity contribution in [3.63, 3.8) is 0 Å². The Balaban J connectivity index is 2.89. The zero-order valence-electron chi connectivity index (χ0n) is 6.40. The highest BCUT2D eigenvalue weighted by atomic mass is 32.2. The van der Waals surface area contributed by atoms with Gasteiger partial charge in [0.15, 0.2) is 9.35 Å². The molecule has 1 aromatic heterocycles. The van der Waals surface area contributed by atoms with Crippen LogP contribution in [0.2, 0.25) is 0 Å². The molecule has 12 heavy (non-hydrogen) atoms. The van der Waals surface area contributed by atoms with Crippen LogP contribution in [-0.4, -0.2) is 22.4 Å². The second kappa shape index (κ2) is 3.68. The van der Waals surface area contributed by atoms with E-state index in [0.717, 1.165) is 4.34 Å². The Kier molecular flexibility index (Phi) is 2.83. The fraction of sp³-hybridized carbons (Fsp3) is 0.167. The van der Waals surface area contributed by atoms with Crippen LogP contribution in [0.15, 0.2) is 10.9 Å². The lowest BCUT2D eigenvalue weighted by Gasteiger charge is -1.90. The van der Waals surface area contributed by atoms with Crippen molar-refractivity contribution < 1.29 is 4.79 Å². The molecule has 0 atom stereocenters. The molecule has 4 nitrogen and oxygen atoms in total. The summed E-state index contributed by atoms with van der Waals surface area (Å²) in [5.41, 5.74) is 5.23. The van der Waals surface area contributed by atoms with E-state index in [1.165, 1.54) is 23.1 Å². The van der Waals surface area contributed by atoms with Gasteiger partial charge in [0.05, 0.1) is 5.57 Å². The number of thioether (sulfide) groups is 1. The summed E-state index contributed by atoms with van der Waals surface area (Å²) >= 11 is 2.78. The molecule has 0 aliphatic rings. The van der Waals surface area contributed by atoms with Crippen molar-refractivity contribution in [2.75, 3.05) is 6.26 Å². The molecule has 0 fully saturated rings. The predicted octanol–water partition coefficient (Wildman–Crippen LogP) is 0.759. The molecular formula is C6H7N3OS2. The maximum absolute atomic E-state index is 10.7. The summed E-state index contributed by atoms with van der Waals surface area (Å²) in [6.45, 7) is 3.50. The van der Waals surface area contributed by atoms with E-state index in [4.69, 9.17) is 5.73 Å². The van der Waals surface area contributed by atoms with Gasteiger partial charge in [0, 0.05) is 0 Å². The molecule has 0 aliphatic heterocycles.